The zero-order chi connectivity index (χ0) is 20.3. The number of ether oxygens (including phenoxy) is 2. The fourth-order valence-electron chi connectivity index (χ4n) is 3.38. The number of carbonyl (C=O) groups is 1. The first-order valence-corrected chi connectivity index (χ1v) is 8.80. The van der Waals surface area contributed by atoms with E-state index in [1.54, 1.807) is 18.1 Å². The molecule has 3 rings (SSSR count). The van der Waals surface area contributed by atoms with E-state index in [0.29, 0.717) is 18.0 Å². The van der Waals surface area contributed by atoms with E-state index in [1.165, 1.54) is 19.2 Å². The van der Waals surface area contributed by atoms with Crippen molar-refractivity contribution in [2.75, 3.05) is 26.1 Å². The monoisotopic (exact) mass is 394 g/mol. The lowest BCUT2D eigenvalue weighted by atomic mass is 10.0. The van der Waals surface area contributed by atoms with Crippen molar-refractivity contribution in [3.05, 3.63) is 53.6 Å². The minimum Gasteiger partial charge on any atom is -0.493 e. The second-order valence-electron chi connectivity index (χ2n) is 6.47. The highest BCUT2D eigenvalue weighted by atomic mass is 19.4. The van der Waals surface area contributed by atoms with Crippen molar-refractivity contribution in [3.8, 4) is 11.5 Å². The molecule has 2 aromatic carbocycles. The number of urea groups is 1. The highest BCUT2D eigenvalue weighted by Gasteiger charge is 2.32. The van der Waals surface area contributed by atoms with Crippen LogP contribution < -0.4 is 14.8 Å². The van der Waals surface area contributed by atoms with Crippen LogP contribution in [0.25, 0.3) is 0 Å². The zero-order valence-corrected chi connectivity index (χ0v) is 15.5. The van der Waals surface area contributed by atoms with Crippen LogP contribution in [0.15, 0.2) is 42.5 Å². The van der Waals surface area contributed by atoms with E-state index in [2.05, 4.69) is 5.32 Å². The molecule has 1 fully saturated rings. The molecule has 1 aliphatic heterocycles. The Labute approximate surface area is 161 Å². The summed E-state index contributed by atoms with van der Waals surface area (Å²) in [6.07, 6.45) is -2.91. The molecule has 5 nitrogen and oxygen atoms in total. The van der Waals surface area contributed by atoms with Crippen molar-refractivity contribution in [2.24, 2.45) is 0 Å². The van der Waals surface area contributed by atoms with E-state index in [0.717, 1.165) is 30.5 Å². The molecule has 150 valence electrons. The van der Waals surface area contributed by atoms with Crippen LogP contribution in [0.3, 0.4) is 0 Å². The lowest BCUT2D eigenvalue weighted by molar-refractivity contribution is -0.137. The second-order valence-corrected chi connectivity index (χ2v) is 6.47. The Hall–Kier alpha value is -2.90. The number of benzene rings is 2. The number of alkyl halides is 3. The van der Waals surface area contributed by atoms with Crippen LogP contribution in [0, 0.1) is 0 Å². The number of anilines is 1. The quantitative estimate of drug-likeness (QED) is 0.786. The highest BCUT2D eigenvalue weighted by Crippen LogP contribution is 2.37. The minimum absolute atomic E-state index is 0.109. The number of hydrogen-bond donors (Lipinski definition) is 1. The van der Waals surface area contributed by atoms with Crippen molar-refractivity contribution < 1.29 is 27.4 Å². The van der Waals surface area contributed by atoms with Gasteiger partial charge in [0.1, 0.15) is 0 Å². The molecule has 0 aliphatic carbocycles. The van der Waals surface area contributed by atoms with Gasteiger partial charge in [-0.05, 0) is 48.7 Å². The molecule has 0 bridgehead atoms. The molecular weight excluding hydrogens is 373 g/mol. The Kier molecular flexibility index (Phi) is 5.67. The van der Waals surface area contributed by atoms with Gasteiger partial charge in [-0.25, -0.2) is 4.79 Å². The lowest BCUT2D eigenvalue weighted by Gasteiger charge is -2.26. The van der Waals surface area contributed by atoms with Gasteiger partial charge in [0, 0.05) is 12.2 Å². The van der Waals surface area contributed by atoms with Gasteiger partial charge in [0.15, 0.2) is 11.5 Å². The maximum Gasteiger partial charge on any atom is 0.416 e. The molecule has 1 heterocycles. The summed E-state index contributed by atoms with van der Waals surface area (Å²) >= 11 is 0. The molecule has 1 atom stereocenters. The van der Waals surface area contributed by atoms with Gasteiger partial charge < -0.3 is 19.7 Å². The molecule has 8 heteroatoms. The fourth-order valence-corrected chi connectivity index (χ4v) is 3.38. The van der Waals surface area contributed by atoms with Crippen LogP contribution in [0.1, 0.15) is 30.0 Å². The van der Waals surface area contributed by atoms with Gasteiger partial charge in [0.25, 0.3) is 0 Å². The molecule has 2 aromatic rings. The third-order valence-corrected chi connectivity index (χ3v) is 4.75. The Morgan fingerprint density at radius 1 is 1.11 bits per heavy atom. The molecule has 1 saturated heterocycles. The summed E-state index contributed by atoms with van der Waals surface area (Å²) in [6, 6.07) is 9.44. The van der Waals surface area contributed by atoms with Gasteiger partial charge in [-0.3, -0.25) is 0 Å². The second kappa shape index (κ2) is 8.00. The lowest BCUT2D eigenvalue weighted by Crippen LogP contribution is -2.34. The molecule has 0 radical (unpaired) electrons. The van der Waals surface area contributed by atoms with Gasteiger partial charge in [-0.1, -0.05) is 12.1 Å². The largest absolute Gasteiger partial charge is 0.493 e. The summed E-state index contributed by atoms with van der Waals surface area (Å²) < 4.78 is 49.2. The number of hydrogen-bond acceptors (Lipinski definition) is 3. The Bertz CT molecular complexity index is 855. The number of rotatable bonds is 4. The normalized spacial score (nSPS) is 16.8. The van der Waals surface area contributed by atoms with E-state index < -0.39 is 17.8 Å². The number of methoxy groups -OCH3 is 2. The number of nitrogens with zero attached hydrogens (tertiary/aromatic N) is 1. The van der Waals surface area contributed by atoms with Crippen LogP contribution in [0.4, 0.5) is 23.7 Å². The topological polar surface area (TPSA) is 50.8 Å². The molecule has 28 heavy (non-hydrogen) atoms. The third-order valence-electron chi connectivity index (χ3n) is 4.75. The zero-order valence-electron chi connectivity index (χ0n) is 15.5. The van der Waals surface area contributed by atoms with Crippen molar-refractivity contribution in [1.29, 1.82) is 0 Å². The number of nitrogens with one attached hydrogen (secondary N) is 1. The SMILES string of the molecule is COc1ccc([C@@H]2CCCN2C(=O)Nc2cccc(C(F)(F)F)c2)cc1OC. The smallest absolute Gasteiger partial charge is 0.416 e. The maximum atomic E-state index is 12.9. The molecule has 0 aromatic heterocycles. The van der Waals surface area contributed by atoms with Crippen LogP contribution in [0.5, 0.6) is 11.5 Å². The molecule has 0 saturated carbocycles. The number of amides is 2. The molecule has 1 N–H and O–H groups in total. The van der Waals surface area contributed by atoms with E-state index >= 15 is 0 Å². The van der Waals surface area contributed by atoms with E-state index in [1.807, 2.05) is 12.1 Å². The average Bonchev–Trinajstić information content (AvgIpc) is 3.17. The van der Waals surface area contributed by atoms with Crippen molar-refractivity contribution in [3.63, 3.8) is 0 Å². The third kappa shape index (κ3) is 4.16. The predicted molar refractivity (Wildman–Crippen MR) is 98.7 cm³/mol. The minimum atomic E-state index is -4.46. The highest BCUT2D eigenvalue weighted by molar-refractivity contribution is 5.90. The van der Waals surface area contributed by atoms with Crippen molar-refractivity contribution >= 4 is 11.7 Å². The van der Waals surface area contributed by atoms with Crippen LogP contribution in [-0.4, -0.2) is 31.7 Å². The summed E-state index contributed by atoms with van der Waals surface area (Å²) in [5.74, 6) is 1.15. The van der Waals surface area contributed by atoms with Crippen LogP contribution in [-0.2, 0) is 6.18 Å². The first-order valence-electron chi connectivity index (χ1n) is 8.80. The Morgan fingerprint density at radius 3 is 2.54 bits per heavy atom. The molecule has 2 amide bonds. The van der Waals surface area contributed by atoms with E-state index in [9.17, 15) is 18.0 Å². The number of carbonyl (C=O) groups excluding carboxylic acids is 1. The van der Waals surface area contributed by atoms with Crippen molar-refractivity contribution in [2.45, 2.75) is 25.1 Å². The summed E-state index contributed by atoms with van der Waals surface area (Å²) in [6.45, 7) is 0.518. The van der Waals surface area contributed by atoms with E-state index in [4.69, 9.17) is 9.47 Å². The molecule has 0 spiro atoms. The van der Waals surface area contributed by atoms with Gasteiger partial charge in [-0.15, -0.1) is 0 Å². The Balaban J connectivity index is 1.79. The molecule has 0 unspecified atom stereocenters. The summed E-state index contributed by atoms with van der Waals surface area (Å²) in [5.41, 5.74) is 0.190. The summed E-state index contributed by atoms with van der Waals surface area (Å²) in [5, 5.41) is 2.58. The fraction of sp³-hybridized carbons (Fsp3) is 0.350. The maximum absolute atomic E-state index is 12.9. The first-order chi connectivity index (χ1) is 13.3. The van der Waals surface area contributed by atoms with Gasteiger partial charge >= 0.3 is 12.2 Å². The average molecular weight is 394 g/mol. The summed E-state index contributed by atoms with van der Waals surface area (Å²) in [4.78, 5) is 14.3. The molecular formula is C20H21F3N2O3. The van der Waals surface area contributed by atoms with Crippen molar-refractivity contribution in [1.82, 2.24) is 4.90 Å². The van der Waals surface area contributed by atoms with Gasteiger partial charge in [0.2, 0.25) is 0 Å². The number of halogens is 3. The number of likely N-dealkylation sites (tertiary alicyclic amines) is 1. The predicted octanol–water partition coefficient (Wildman–Crippen LogP) is 5.09. The van der Waals surface area contributed by atoms with Crippen LogP contribution in [0.2, 0.25) is 0 Å². The van der Waals surface area contributed by atoms with Gasteiger partial charge in [0.05, 0.1) is 25.8 Å². The summed E-state index contributed by atoms with van der Waals surface area (Å²) in [7, 11) is 3.08. The van der Waals surface area contributed by atoms with Crippen LogP contribution >= 0.6 is 0 Å². The molecule has 1 aliphatic rings. The van der Waals surface area contributed by atoms with E-state index in [-0.39, 0.29) is 11.7 Å². The van der Waals surface area contributed by atoms with Gasteiger partial charge in [-0.2, -0.15) is 13.2 Å². The first kappa shape index (κ1) is 19.9. The Morgan fingerprint density at radius 2 is 1.86 bits per heavy atom. The standard InChI is InChI=1S/C20H21F3N2O3/c1-27-17-9-8-13(11-18(17)28-2)16-7-4-10-25(16)19(26)24-15-6-3-5-14(12-15)20(21,22)23/h3,5-6,8-9,11-12,16H,4,7,10H2,1-2H3,(H,24,26)/t16-/m0/s1.